The summed E-state index contributed by atoms with van der Waals surface area (Å²) in [5.74, 6) is 0. The molecule has 0 aromatic heterocycles. The Balaban J connectivity index is 1.83. The minimum Gasteiger partial charge on any atom is -0.391 e. The average molecular weight is 217 g/mol. The van der Waals surface area contributed by atoms with E-state index in [-0.39, 0.29) is 11.5 Å². The second-order valence-corrected chi connectivity index (χ2v) is 5.21. The predicted molar refractivity (Wildman–Crippen MR) is 58.5 cm³/mol. The van der Waals surface area contributed by atoms with Crippen molar-refractivity contribution in [3.05, 3.63) is 0 Å². The van der Waals surface area contributed by atoms with Crippen molar-refractivity contribution in [3.63, 3.8) is 0 Å². The number of likely N-dealkylation sites (tertiary alicyclic amines) is 1. The largest absolute Gasteiger partial charge is 0.391 e. The van der Waals surface area contributed by atoms with Gasteiger partial charge in [0, 0.05) is 5.41 Å². The molecular weight excluding hydrogens is 198 g/mol. The third-order valence-electron chi connectivity index (χ3n) is 3.48. The van der Waals surface area contributed by atoms with Crippen molar-refractivity contribution in [2.75, 3.05) is 26.3 Å². The van der Waals surface area contributed by atoms with Gasteiger partial charge < -0.3 is 9.84 Å². The van der Waals surface area contributed by atoms with Crippen LogP contribution in [0.1, 0.15) is 19.8 Å². The molecule has 3 nitrogen and oxygen atoms in total. The molecular formula is C10H19NO2S. The van der Waals surface area contributed by atoms with Crippen LogP contribution in [-0.2, 0) is 4.74 Å². The molecule has 0 aromatic carbocycles. The zero-order chi connectivity index (χ0) is 10.2. The van der Waals surface area contributed by atoms with Crippen LogP contribution in [0.2, 0.25) is 0 Å². The molecule has 2 saturated heterocycles. The lowest BCUT2D eigenvalue weighted by Crippen LogP contribution is -2.53. The molecule has 0 aliphatic carbocycles. The number of aliphatic hydroxyl groups excluding tert-OH is 1. The molecule has 0 aromatic rings. The molecule has 0 amide bonds. The fourth-order valence-electron chi connectivity index (χ4n) is 2.25. The fourth-order valence-corrected chi connectivity index (χ4v) is 2.48. The second kappa shape index (κ2) is 4.00. The highest BCUT2D eigenvalue weighted by Gasteiger charge is 2.42. The van der Waals surface area contributed by atoms with E-state index in [1.807, 2.05) is 0 Å². The summed E-state index contributed by atoms with van der Waals surface area (Å²) in [5, 5.41) is 9.43. The Morgan fingerprint density at radius 2 is 1.93 bits per heavy atom. The van der Waals surface area contributed by atoms with Gasteiger partial charge in [0.1, 0.15) is 0 Å². The SMILES string of the molecule is CC(O)C(S)N1CCC2(CC1)COC2. The monoisotopic (exact) mass is 217 g/mol. The molecule has 2 aliphatic heterocycles. The van der Waals surface area contributed by atoms with Crippen LogP contribution in [0.3, 0.4) is 0 Å². The molecule has 82 valence electrons. The molecule has 1 spiro atoms. The van der Waals surface area contributed by atoms with E-state index in [2.05, 4.69) is 17.5 Å². The van der Waals surface area contributed by atoms with Crippen molar-refractivity contribution in [1.29, 1.82) is 0 Å². The smallest absolute Gasteiger partial charge is 0.0788 e. The van der Waals surface area contributed by atoms with Crippen molar-refractivity contribution >= 4 is 12.6 Å². The summed E-state index contributed by atoms with van der Waals surface area (Å²) in [6.07, 6.45) is 2.03. The maximum absolute atomic E-state index is 9.43. The van der Waals surface area contributed by atoms with Crippen molar-refractivity contribution in [2.45, 2.75) is 31.2 Å². The van der Waals surface area contributed by atoms with Gasteiger partial charge in [-0.05, 0) is 32.9 Å². The third-order valence-corrected chi connectivity index (χ3v) is 4.24. The first-order valence-electron chi connectivity index (χ1n) is 5.31. The Hall–Kier alpha value is 0.230. The van der Waals surface area contributed by atoms with E-state index in [0.717, 1.165) is 26.3 Å². The van der Waals surface area contributed by atoms with Crippen LogP contribution in [0, 0.1) is 5.41 Å². The van der Waals surface area contributed by atoms with Crippen LogP contribution in [0.4, 0.5) is 0 Å². The Bertz CT molecular complexity index is 196. The molecule has 0 bridgehead atoms. The van der Waals surface area contributed by atoms with Gasteiger partial charge in [-0.1, -0.05) is 0 Å². The lowest BCUT2D eigenvalue weighted by Gasteiger charge is -2.48. The average Bonchev–Trinajstić information content (AvgIpc) is 2.14. The van der Waals surface area contributed by atoms with Crippen molar-refractivity contribution < 1.29 is 9.84 Å². The molecule has 2 rings (SSSR count). The molecule has 0 radical (unpaired) electrons. The first-order valence-corrected chi connectivity index (χ1v) is 5.83. The van der Waals surface area contributed by atoms with E-state index in [0.29, 0.717) is 5.41 Å². The summed E-state index contributed by atoms with van der Waals surface area (Å²) in [6, 6.07) is 0. The van der Waals surface area contributed by atoms with Gasteiger partial charge in [-0.2, -0.15) is 12.6 Å². The highest BCUT2D eigenvalue weighted by Crippen LogP contribution is 2.39. The van der Waals surface area contributed by atoms with Gasteiger partial charge in [0.25, 0.3) is 0 Å². The Kier molecular flexibility index (Phi) is 3.07. The fraction of sp³-hybridized carbons (Fsp3) is 1.00. The highest BCUT2D eigenvalue weighted by atomic mass is 32.1. The van der Waals surface area contributed by atoms with E-state index in [9.17, 15) is 5.11 Å². The minimum atomic E-state index is -0.356. The third kappa shape index (κ3) is 1.94. The number of thiol groups is 1. The minimum absolute atomic E-state index is 0.00616. The van der Waals surface area contributed by atoms with Crippen LogP contribution in [-0.4, -0.2) is 47.8 Å². The number of hydrogen-bond acceptors (Lipinski definition) is 4. The normalized spacial score (nSPS) is 31.1. The van der Waals surface area contributed by atoms with Crippen molar-refractivity contribution in [2.24, 2.45) is 5.41 Å². The topological polar surface area (TPSA) is 32.7 Å². The number of rotatable bonds is 2. The summed E-state index contributed by atoms with van der Waals surface area (Å²) in [7, 11) is 0. The summed E-state index contributed by atoms with van der Waals surface area (Å²) < 4.78 is 5.27. The molecule has 0 saturated carbocycles. The summed E-state index contributed by atoms with van der Waals surface area (Å²) >= 11 is 4.42. The van der Waals surface area contributed by atoms with Crippen LogP contribution in [0.5, 0.6) is 0 Å². The summed E-state index contributed by atoms with van der Waals surface area (Å²) in [4.78, 5) is 2.26. The number of piperidine rings is 1. The first-order chi connectivity index (χ1) is 6.63. The quantitative estimate of drug-likeness (QED) is 0.669. The molecule has 2 heterocycles. The van der Waals surface area contributed by atoms with Gasteiger partial charge >= 0.3 is 0 Å². The van der Waals surface area contributed by atoms with Gasteiger partial charge in [0.05, 0.1) is 24.7 Å². The number of ether oxygens (including phenoxy) is 1. The molecule has 1 N–H and O–H groups in total. The zero-order valence-electron chi connectivity index (χ0n) is 8.65. The van der Waals surface area contributed by atoms with Crippen molar-refractivity contribution in [1.82, 2.24) is 4.90 Å². The number of hydrogen-bond donors (Lipinski definition) is 2. The van der Waals surface area contributed by atoms with E-state index >= 15 is 0 Å². The molecule has 2 unspecified atom stereocenters. The molecule has 2 fully saturated rings. The predicted octanol–water partition coefficient (Wildman–Crippen LogP) is 0.735. The van der Waals surface area contributed by atoms with Crippen LogP contribution in [0.15, 0.2) is 0 Å². The summed E-state index contributed by atoms with van der Waals surface area (Å²) in [5.41, 5.74) is 0.475. The Labute approximate surface area is 90.8 Å². The van der Waals surface area contributed by atoms with Gasteiger partial charge in [0.2, 0.25) is 0 Å². The van der Waals surface area contributed by atoms with Crippen LogP contribution in [0.25, 0.3) is 0 Å². The van der Waals surface area contributed by atoms with Crippen molar-refractivity contribution in [3.8, 4) is 0 Å². The molecule has 2 aliphatic rings. The van der Waals surface area contributed by atoms with E-state index in [1.165, 1.54) is 12.8 Å². The molecule has 4 heteroatoms. The molecule has 2 atom stereocenters. The van der Waals surface area contributed by atoms with Gasteiger partial charge in [0.15, 0.2) is 0 Å². The number of aliphatic hydroxyl groups is 1. The first kappa shape index (κ1) is 10.7. The molecule has 14 heavy (non-hydrogen) atoms. The number of nitrogens with zero attached hydrogens (tertiary/aromatic N) is 1. The standard InChI is InChI=1S/C10H19NO2S/c1-8(12)9(14)11-4-2-10(3-5-11)6-13-7-10/h8-9,12,14H,2-7H2,1H3. The lowest BCUT2D eigenvalue weighted by molar-refractivity contribution is -0.142. The Morgan fingerprint density at radius 1 is 1.36 bits per heavy atom. The maximum atomic E-state index is 9.43. The van der Waals surface area contributed by atoms with E-state index < -0.39 is 0 Å². The maximum Gasteiger partial charge on any atom is 0.0788 e. The van der Waals surface area contributed by atoms with Gasteiger partial charge in [-0.3, -0.25) is 4.90 Å². The van der Waals surface area contributed by atoms with E-state index in [1.54, 1.807) is 6.92 Å². The lowest BCUT2D eigenvalue weighted by atomic mass is 9.77. The van der Waals surface area contributed by atoms with Gasteiger partial charge in [-0.25, -0.2) is 0 Å². The van der Waals surface area contributed by atoms with Crippen LogP contribution < -0.4 is 0 Å². The summed E-state index contributed by atoms with van der Waals surface area (Å²) in [6.45, 7) is 5.76. The van der Waals surface area contributed by atoms with E-state index in [4.69, 9.17) is 4.74 Å². The van der Waals surface area contributed by atoms with Gasteiger partial charge in [-0.15, -0.1) is 0 Å². The Morgan fingerprint density at radius 3 is 2.29 bits per heavy atom. The second-order valence-electron chi connectivity index (χ2n) is 4.68. The van der Waals surface area contributed by atoms with Crippen LogP contribution >= 0.6 is 12.6 Å². The zero-order valence-corrected chi connectivity index (χ0v) is 9.54. The highest BCUT2D eigenvalue weighted by molar-refractivity contribution is 7.80.